The van der Waals surface area contributed by atoms with E-state index in [-0.39, 0.29) is 18.1 Å². The van der Waals surface area contributed by atoms with Crippen molar-refractivity contribution in [2.75, 3.05) is 25.0 Å². The standard InChI is InChI=1S/C14H21N3O2/c1-14(2,9-15)16-6-5-10-3-4-12-11(7-10)17-13(18)8-19-12/h3-4,7,16H,5-6,8-9,15H2,1-2H3,(H,17,18). The van der Waals surface area contributed by atoms with Crippen molar-refractivity contribution in [1.82, 2.24) is 5.32 Å². The molecule has 0 unspecified atom stereocenters. The van der Waals surface area contributed by atoms with Gasteiger partial charge < -0.3 is 21.1 Å². The van der Waals surface area contributed by atoms with Gasteiger partial charge in [0.15, 0.2) is 6.61 Å². The molecule has 0 fully saturated rings. The number of benzene rings is 1. The predicted octanol–water partition coefficient (Wildman–Crippen LogP) is 0.887. The summed E-state index contributed by atoms with van der Waals surface area (Å²) in [5, 5.41) is 6.22. The molecular formula is C14H21N3O2. The van der Waals surface area contributed by atoms with Crippen molar-refractivity contribution in [3.8, 4) is 5.75 Å². The molecule has 0 saturated heterocycles. The van der Waals surface area contributed by atoms with Crippen LogP contribution in [0.25, 0.3) is 0 Å². The largest absolute Gasteiger partial charge is 0.482 e. The molecule has 1 amide bonds. The third-order valence-electron chi connectivity index (χ3n) is 3.20. The van der Waals surface area contributed by atoms with E-state index in [0.29, 0.717) is 6.54 Å². The number of nitrogens with two attached hydrogens (primary N) is 1. The van der Waals surface area contributed by atoms with Crippen LogP contribution in [0.3, 0.4) is 0 Å². The van der Waals surface area contributed by atoms with E-state index in [1.807, 2.05) is 18.2 Å². The van der Waals surface area contributed by atoms with Gasteiger partial charge in [-0.2, -0.15) is 0 Å². The zero-order valence-corrected chi connectivity index (χ0v) is 11.5. The van der Waals surface area contributed by atoms with Crippen LogP contribution < -0.4 is 21.1 Å². The number of rotatable bonds is 5. The van der Waals surface area contributed by atoms with Crippen molar-refractivity contribution in [1.29, 1.82) is 0 Å². The van der Waals surface area contributed by atoms with Gasteiger partial charge in [0, 0.05) is 12.1 Å². The van der Waals surface area contributed by atoms with Crippen molar-refractivity contribution in [2.45, 2.75) is 25.8 Å². The quantitative estimate of drug-likeness (QED) is 0.737. The molecule has 5 nitrogen and oxygen atoms in total. The summed E-state index contributed by atoms with van der Waals surface area (Å²) in [5.41, 5.74) is 7.53. The van der Waals surface area contributed by atoms with Crippen molar-refractivity contribution < 1.29 is 9.53 Å². The molecule has 2 rings (SSSR count). The fourth-order valence-corrected chi connectivity index (χ4v) is 1.90. The van der Waals surface area contributed by atoms with Crippen molar-refractivity contribution >= 4 is 11.6 Å². The Labute approximate surface area is 113 Å². The van der Waals surface area contributed by atoms with Crippen molar-refractivity contribution in [3.05, 3.63) is 23.8 Å². The zero-order valence-electron chi connectivity index (χ0n) is 11.5. The van der Waals surface area contributed by atoms with Crippen LogP contribution >= 0.6 is 0 Å². The van der Waals surface area contributed by atoms with E-state index in [4.69, 9.17) is 10.5 Å². The van der Waals surface area contributed by atoms with Gasteiger partial charge in [-0.3, -0.25) is 4.79 Å². The van der Waals surface area contributed by atoms with Gasteiger partial charge in [-0.05, 0) is 44.5 Å². The fraction of sp³-hybridized carbons (Fsp3) is 0.500. The van der Waals surface area contributed by atoms with Gasteiger partial charge in [0.2, 0.25) is 0 Å². The lowest BCUT2D eigenvalue weighted by Crippen LogP contribution is -2.46. The Bertz CT molecular complexity index is 472. The molecule has 1 aromatic rings. The van der Waals surface area contributed by atoms with E-state index in [2.05, 4.69) is 24.5 Å². The summed E-state index contributed by atoms with van der Waals surface area (Å²) >= 11 is 0. The molecule has 1 aromatic carbocycles. The molecule has 0 saturated carbocycles. The minimum absolute atomic E-state index is 0.0501. The average Bonchev–Trinajstić information content (AvgIpc) is 2.38. The van der Waals surface area contributed by atoms with Crippen LogP contribution in [0.15, 0.2) is 18.2 Å². The molecule has 0 atom stereocenters. The highest BCUT2D eigenvalue weighted by Crippen LogP contribution is 2.28. The first-order valence-corrected chi connectivity index (χ1v) is 6.51. The number of hydrogen-bond donors (Lipinski definition) is 3. The maximum atomic E-state index is 11.3. The average molecular weight is 263 g/mol. The Hall–Kier alpha value is -1.59. The molecular weight excluding hydrogens is 242 g/mol. The molecule has 1 aliphatic heterocycles. The van der Waals surface area contributed by atoms with Crippen LogP contribution in [-0.4, -0.2) is 31.1 Å². The number of carbonyl (C=O) groups excluding carboxylic acids is 1. The summed E-state index contributed by atoms with van der Waals surface area (Å²) in [7, 11) is 0. The number of anilines is 1. The number of amides is 1. The molecule has 19 heavy (non-hydrogen) atoms. The zero-order chi connectivity index (χ0) is 13.9. The number of nitrogens with one attached hydrogen (secondary N) is 2. The van der Waals surface area contributed by atoms with Gasteiger partial charge in [0.1, 0.15) is 5.75 Å². The molecule has 5 heteroatoms. The highest BCUT2D eigenvalue weighted by molar-refractivity contribution is 5.95. The second-order valence-corrected chi connectivity index (χ2v) is 5.43. The lowest BCUT2D eigenvalue weighted by Gasteiger charge is -2.24. The van der Waals surface area contributed by atoms with E-state index in [1.54, 1.807) is 0 Å². The first kappa shape index (κ1) is 13.8. The van der Waals surface area contributed by atoms with Crippen LogP contribution in [0.2, 0.25) is 0 Å². The summed E-state index contributed by atoms with van der Waals surface area (Å²) in [6.45, 7) is 5.69. The molecule has 104 valence electrons. The third kappa shape index (κ3) is 3.68. The van der Waals surface area contributed by atoms with E-state index in [1.165, 1.54) is 0 Å². The third-order valence-corrected chi connectivity index (χ3v) is 3.20. The molecule has 0 radical (unpaired) electrons. The van der Waals surface area contributed by atoms with Crippen molar-refractivity contribution in [2.24, 2.45) is 5.73 Å². The Morgan fingerprint density at radius 3 is 3.00 bits per heavy atom. The Kier molecular flexibility index (Phi) is 4.07. The number of ether oxygens (including phenoxy) is 1. The summed E-state index contributed by atoms with van der Waals surface area (Å²) in [6, 6.07) is 5.88. The summed E-state index contributed by atoms with van der Waals surface area (Å²) in [6.07, 6.45) is 0.882. The van der Waals surface area contributed by atoms with Crippen LogP contribution in [0.5, 0.6) is 5.75 Å². The van der Waals surface area contributed by atoms with E-state index < -0.39 is 0 Å². The predicted molar refractivity (Wildman–Crippen MR) is 75.4 cm³/mol. The summed E-state index contributed by atoms with van der Waals surface area (Å²) < 4.78 is 5.32. The number of carbonyl (C=O) groups is 1. The SMILES string of the molecule is CC(C)(CN)NCCc1ccc2c(c1)NC(=O)CO2. The van der Waals surface area contributed by atoms with Gasteiger partial charge in [0.25, 0.3) is 5.91 Å². The smallest absolute Gasteiger partial charge is 0.262 e. The first-order valence-electron chi connectivity index (χ1n) is 6.51. The van der Waals surface area contributed by atoms with Crippen LogP contribution in [0.1, 0.15) is 19.4 Å². The Morgan fingerprint density at radius 1 is 1.47 bits per heavy atom. The van der Waals surface area contributed by atoms with Crippen LogP contribution in [-0.2, 0) is 11.2 Å². The van der Waals surface area contributed by atoms with Gasteiger partial charge >= 0.3 is 0 Å². The molecule has 0 bridgehead atoms. The van der Waals surface area contributed by atoms with Gasteiger partial charge in [-0.15, -0.1) is 0 Å². The van der Waals surface area contributed by atoms with E-state index in [0.717, 1.165) is 30.0 Å². The topological polar surface area (TPSA) is 76.4 Å². The maximum Gasteiger partial charge on any atom is 0.262 e. The monoisotopic (exact) mass is 263 g/mol. The summed E-state index contributed by atoms with van der Waals surface area (Å²) in [5.74, 6) is 0.630. The molecule has 4 N–H and O–H groups in total. The molecule has 1 heterocycles. The van der Waals surface area contributed by atoms with Crippen LogP contribution in [0.4, 0.5) is 5.69 Å². The Balaban J connectivity index is 1.95. The van der Waals surface area contributed by atoms with Gasteiger partial charge in [-0.25, -0.2) is 0 Å². The molecule has 1 aliphatic rings. The maximum absolute atomic E-state index is 11.3. The Morgan fingerprint density at radius 2 is 2.26 bits per heavy atom. The minimum Gasteiger partial charge on any atom is -0.482 e. The van der Waals surface area contributed by atoms with E-state index >= 15 is 0 Å². The van der Waals surface area contributed by atoms with Gasteiger partial charge in [-0.1, -0.05) is 6.07 Å². The fourth-order valence-electron chi connectivity index (χ4n) is 1.90. The highest BCUT2D eigenvalue weighted by atomic mass is 16.5. The lowest BCUT2D eigenvalue weighted by molar-refractivity contribution is -0.118. The second-order valence-electron chi connectivity index (χ2n) is 5.43. The first-order chi connectivity index (χ1) is 9.00. The van der Waals surface area contributed by atoms with Crippen molar-refractivity contribution in [3.63, 3.8) is 0 Å². The molecule has 0 aromatic heterocycles. The highest BCUT2D eigenvalue weighted by Gasteiger charge is 2.16. The summed E-state index contributed by atoms with van der Waals surface area (Å²) in [4.78, 5) is 11.3. The lowest BCUT2D eigenvalue weighted by atomic mass is 10.0. The number of hydrogen-bond acceptors (Lipinski definition) is 4. The second kappa shape index (κ2) is 5.59. The van der Waals surface area contributed by atoms with Gasteiger partial charge in [0.05, 0.1) is 5.69 Å². The molecule has 0 spiro atoms. The minimum atomic E-state index is -0.105. The number of fused-ring (bicyclic) bond motifs is 1. The molecule has 0 aliphatic carbocycles. The van der Waals surface area contributed by atoms with Crippen LogP contribution in [0, 0.1) is 0 Å². The normalized spacial score (nSPS) is 14.6. The van der Waals surface area contributed by atoms with E-state index in [9.17, 15) is 4.79 Å².